The number of benzene rings is 3. The van der Waals surface area contributed by atoms with Crippen molar-refractivity contribution in [3.63, 3.8) is 0 Å². The molecule has 302 valence electrons. The molecular weight excluding hydrogens is 713 g/mol. The first-order chi connectivity index (χ1) is 27.0. The van der Waals surface area contributed by atoms with Gasteiger partial charge in [0.15, 0.2) is 0 Å². The third kappa shape index (κ3) is 16.1. The van der Waals surface area contributed by atoms with Crippen LogP contribution in [0.2, 0.25) is 0 Å². The molecule has 0 aliphatic rings. The Hall–Kier alpha value is -4.88. The number of carboxylic acid groups (broad SMARTS) is 1. The number of anilines is 1. The third-order valence-electron chi connectivity index (χ3n) is 8.96. The van der Waals surface area contributed by atoms with Crippen LogP contribution in [0.15, 0.2) is 85.1 Å². The molecule has 0 spiro atoms. The third-order valence-corrected chi connectivity index (χ3v) is 8.96. The number of nitrogens with zero attached hydrogens (tertiary/aromatic N) is 1. The average molecular weight is 771 g/mol. The largest absolute Gasteiger partial charge is 0.481 e. The molecule has 0 aliphatic carbocycles. The van der Waals surface area contributed by atoms with E-state index < -0.39 is 24.0 Å². The molecule has 3 aromatic carbocycles. The van der Waals surface area contributed by atoms with E-state index in [4.69, 9.17) is 18.9 Å². The lowest BCUT2D eigenvalue weighted by molar-refractivity contribution is -0.138. The van der Waals surface area contributed by atoms with E-state index in [-0.39, 0.29) is 44.0 Å². The number of amides is 2. The smallest absolute Gasteiger partial charge is 0.305 e. The van der Waals surface area contributed by atoms with Crippen LogP contribution >= 0.6 is 0 Å². The van der Waals surface area contributed by atoms with Crippen molar-refractivity contribution in [2.75, 3.05) is 64.7 Å². The fourth-order valence-corrected chi connectivity index (χ4v) is 5.86. The van der Waals surface area contributed by atoms with Crippen molar-refractivity contribution < 1.29 is 38.4 Å². The second kappa shape index (κ2) is 23.2. The number of fused-ring (bicyclic) bond motifs is 1. The first-order valence-corrected chi connectivity index (χ1v) is 19.4. The minimum absolute atomic E-state index is 0.130. The van der Waals surface area contributed by atoms with Gasteiger partial charge in [-0.05, 0) is 70.3 Å². The summed E-state index contributed by atoms with van der Waals surface area (Å²) in [5.41, 5.74) is 3.94. The van der Waals surface area contributed by atoms with Gasteiger partial charge in [-0.3, -0.25) is 14.4 Å². The van der Waals surface area contributed by atoms with E-state index in [0.717, 1.165) is 39.7 Å². The highest BCUT2D eigenvalue weighted by molar-refractivity contribution is 5.96. The summed E-state index contributed by atoms with van der Waals surface area (Å²) in [5.74, 6) is -1.24. The summed E-state index contributed by atoms with van der Waals surface area (Å²) >= 11 is 0. The highest BCUT2D eigenvalue weighted by Gasteiger charge is 2.26. The van der Waals surface area contributed by atoms with Crippen LogP contribution in [0.4, 0.5) is 5.82 Å². The minimum atomic E-state index is -1.07. The number of nitrogens with one attached hydrogen (secondary N) is 3. The Morgan fingerprint density at radius 3 is 2.12 bits per heavy atom. The normalized spacial score (nSPS) is 12.6. The van der Waals surface area contributed by atoms with Crippen LogP contribution in [0.25, 0.3) is 21.9 Å². The molecule has 4 aromatic rings. The average Bonchev–Trinajstić information content (AvgIpc) is 3.17. The van der Waals surface area contributed by atoms with E-state index in [1.807, 2.05) is 67.6 Å². The van der Waals surface area contributed by atoms with Crippen molar-refractivity contribution >= 4 is 34.4 Å². The van der Waals surface area contributed by atoms with Gasteiger partial charge in [-0.2, -0.15) is 0 Å². The quantitative estimate of drug-likeness (QED) is 0.0534. The van der Waals surface area contributed by atoms with Crippen LogP contribution in [0.5, 0.6) is 0 Å². The van der Waals surface area contributed by atoms with Crippen molar-refractivity contribution in [3.8, 4) is 11.1 Å². The second-order valence-corrected chi connectivity index (χ2v) is 14.9. The minimum Gasteiger partial charge on any atom is -0.481 e. The van der Waals surface area contributed by atoms with Gasteiger partial charge in [0.1, 0.15) is 11.9 Å². The predicted molar refractivity (Wildman–Crippen MR) is 218 cm³/mol. The standard InChI is InChI=1S/C44H58N4O8/c1-32-18-21-46-40(29-32)45-20-8-13-41(49)47-39(31-56-28-27-55-26-25-54-24-23-53-22-19-44(2,3)4)43(52)48-38(30-42(50)51)35-16-14-34(15-17-35)37-12-7-10-33-9-5-6-11-36(33)37/h5-7,9-12,14-18,21,29,38-39H,8,13,19-20,22-28,30-31H2,1-4H3,(H,45,46)(H,47,49)(H,48,52)(H,50,51)/t38-,39-/m0/s1. The Bertz CT molecular complexity index is 1810. The SMILES string of the molecule is Cc1ccnc(NCCCC(=O)N[C@@H](COCCOCCOCCOCCC(C)(C)C)C(=O)N[C@@H](CC(=O)O)c2ccc(-c3cccc4ccccc34)cc2)c1. The molecule has 1 aromatic heterocycles. The maximum atomic E-state index is 13.7. The Morgan fingerprint density at radius 2 is 1.45 bits per heavy atom. The van der Waals surface area contributed by atoms with E-state index in [1.165, 1.54) is 0 Å². The molecule has 0 saturated heterocycles. The number of aliphatic carboxylic acids is 1. The maximum Gasteiger partial charge on any atom is 0.305 e. The first kappa shape index (κ1) is 43.8. The number of pyridine rings is 1. The summed E-state index contributed by atoms with van der Waals surface area (Å²) in [6.45, 7) is 11.8. The van der Waals surface area contributed by atoms with Gasteiger partial charge in [0.05, 0.1) is 58.7 Å². The van der Waals surface area contributed by atoms with Gasteiger partial charge in [-0.15, -0.1) is 0 Å². The van der Waals surface area contributed by atoms with Crippen molar-refractivity contribution in [2.24, 2.45) is 5.41 Å². The molecule has 2 amide bonds. The summed E-state index contributed by atoms with van der Waals surface area (Å²) in [4.78, 5) is 43.0. The zero-order valence-electron chi connectivity index (χ0n) is 33.2. The lowest BCUT2D eigenvalue weighted by Gasteiger charge is -2.23. The number of ether oxygens (including phenoxy) is 4. The Kier molecular flexibility index (Phi) is 18.2. The number of carbonyl (C=O) groups is 3. The highest BCUT2D eigenvalue weighted by Crippen LogP contribution is 2.30. The molecule has 0 fully saturated rings. The molecule has 0 bridgehead atoms. The van der Waals surface area contributed by atoms with Crippen LogP contribution in [-0.4, -0.2) is 93.3 Å². The molecular formula is C44H58N4O8. The van der Waals surface area contributed by atoms with Gasteiger partial charge < -0.3 is 40.0 Å². The van der Waals surface area contributed by atoms with E-state index in [2.05, 4.69) is 59.9 Å². The van der Waals surface area contributed by atoms with E-state index in [0.29, 0.717) is 51.6 Å². The van der Waals surface area contributed by atoms with Gasteiger partial charge >= 0.3 is 5.97 Å². The number of rotatable bonds is 25. The van der Waals surface area contributed by atoms with Crippen molar-refractivity contribution in [2.45, 2.75) is 65.5 Å². The van der Waals surface area contributed by atoms with E-state index >= 15 is 0 Å². The van der Waals surface area contributed by atoms with Gasteiger partial charge in [0.25, 0.3) is 0 Å². The lowest BCUT2D eigenvalue weighted by atomic mass is 9.93. The van der Waals surface area contributed by atoms with Crippen LogP contribution in [0, 0.1) is 12.3 Å². The predicted octanol–water partition coefficient (Wildman–Crippen LogP) is 6.72. The van der Waals surface area contributed by atoms with Crippen LogP contribution in [-0.2, 0) is 33.3 Å². The van der Waals surface area contributed by atoms with Crippen LogP contribution < -0.4 is 16.0 Å². The number of carbonyl (C=O) groups excluding carboxylic acids is 2. The van der Waals surface area contributed by atoms with Gasteiger partial charge in [-0.1, -0.05) is 87.5 Å². The number of carboxylic acids is 1. The number of aromatic nitrogens is 1. The molecule has 12 nitrogen and oxygen atoms in total. The summed E-state index contributed by atoms with van der Waals surface area (Å²) in [5, 5.41) is 20.9. The molecule has 0 saturated carbocycles. The van der Waals surface area contributed by atoms with E-state index in [1.54, 1.807) is 6.20 Å². The Labute approximate surface area is 330 Å². The molecule has 56 heavy (non-hydrogen) atoms. The number of hydrogen-bond donors (Lipinski definition) is 4. The molecule has 4 rings (SSSR count). The zero-order valence-corrected chi connectivity index (χ0v) is 33.2. The Balaban J connectivity index is 1.31. The fourth-order valence-electron chi connectivity index (χ4n) is 5.86. The zero-order chi connectivity index (χ0) is 40.2. The summed E-state index contributed by atoms with van der Waals surface area (Å²) in [7, 11) is 0. The molecule has 4 N–H and O–H groups in total. The lowest BCUT2D eigenvalue weighted by Crippen LogP contribution is -2.50. The highest BCUT2D eigenvalue weighted by atomic mass is 16.6. The van der Waals surface area contributed by atoms with Crippen molar-refractivity contribution in [3.05, 3.63) is 96.2 Å². The van der Waals surface area contributed by atoms with E-state index in [9.17, 15) is 19.5 Å². The van der Waals surface area contributed by atoms with Crippen molar-refractivity contribution in [1.82, 2.24) is 15.6 Å². The van der Waals surface area contributed by atoms with Gasteiger partial charge in [0.2, 0.25) is 11.8 Å². The topological polar surface area (TPSA) is 157 Å². The van der Waals surface area contributed by atoms with Crippen LogP contribution in [0.3, 0.4) is 0 Å². The molecule has 1 heterocycles. The molecule has 0 unspecified atom stereocenters. The van der Waals surface area contributed by atoms with Gasteiger partial charge in [-0.25, -0.2) is 4.98 Å². The summed E-state index contributed by atoms with van der Waals surface area (Å²) < 4.78 is 22.6. The monoisotopic (exact) mass is 770 g/mol. The second-order valence-electron chi connectivity index (χ2n) is 14.9. The Morgan fingerprint density at radius 1 is 0.786 bits per heavy atom. The number of hydrogen-bond acceptors (Lipinski definition) is 9. The van der Waals surface area contributed by atoms with Crippen LogP contribution in [0.1, 0.15) is 63.6 Å². The molecule has 0 radical (unpaired) electrons. The molecule has 0 aliphatic heterocycles. The van der Waals surface area contributed by atoms with Crippen molar-refractivity contribution in [1.29, 1.82) is 0 Å². The maximum absolute atomic E-state index is 13.7. The summed E-state index contributed by atoms with van der Waals surface area (Å²) in [6, 6.07) is 23.6. The van der Waals surface area contributed by atoms with Gasteiger partial charge in [0, 0.05) is 25.8 Å². The fraction of sp³-hybridized carbons (Fsp3) is 0.455. The summed E-state index contributed by atoms with van der Waals surface area (Å²) in [6.07, 6.45) is 3.01. The molecule has 2 atom stereocenters. The number of aryl methyl sites for hydroxylation is 1. The first-order valence-electron chi connectivity index (χ1n) is 19.4. The molecule has 12 heteroatoms.